The van der Waals surface area contributed by atoms with Crippen LogP contribution in [0, 0.1) is 17.8 Å². The van der Waals surface area contributed by atoms with Gasteiger partial charge in [-0.1, -0.05) is 23.7 Å². The molecule has 0 amide bonds. The number of benzene rings is 1. The minimum absolute atomic E-state index is 0.240. The molecule has 4 saturated carbocycles. The molecule has 18 heavy (non-hydrogen) atoms. The third-order valence-electron chi connectivity index (χ3n) is 5.60. The van der Waals surface area contributed by atoms with Crippen molar-refractivity contribution in [1.29, 1.82) is 0 Å². The zero-order valence-electron chi connectivity index (χ0n) is 10.5. The summed E-state index contributed by atoms with van der Waals surface area (Å²) in [7, 11) is 0. The van der Waals surface area contributed by atoms with Crippen molar-refractivity contribution in [1.82, 2.24) is 0 Å². The lowest BCUT2D eigenvalue weighted by molar-refractivity contribution is -0.00612. The van der Waals surface area contributed by atoms with Crippen molar-refractivity contribution in [3.05, 3.63) is 28.8 Å². The first-order valence-corrected chi connectivity index (χ1v) is 7.52. The van der Waals surface area contributed by atoms with Gasteiger partial charge in [-0.2, -0.15) is 0 Å². The summed E-state index contributed by atoms with van der Waals surface area (Å²) in [6.07, 6.45) is 8.11. The van der Waals surface area contributed by atoms with E-state index in [4.69, 9.17) is 11.6 Å². The lowest BCUT2D eigenvalue weighted by Crippen LogP contribution is -2.48. The Bertz CT molecular complexity index is 459. The monoisotopic (exact) mass is 262 g/mol. The predicted octanol–water partition coefficient (Wildman–Crippen LogP) is 4.51. The van der Waals surface area contributed by atoms with Crippen LogP contribution >= 0.6 is 11.6 Å². The molecule has 1 aromatic rings. The standard InChI is InChI=1S/C16H19ClO/c17-14-3-1-2-13(15(14)18)16-7-10-4-11(8-16)6-12(5-10)9-16/h1-3,10-12,18H,4-9H2. The predicted molar refractivity (Wildman–Crippen MR) is 73.0 cm³/mol. The summed E-state index contributed by atoms with van der Waals surface area (Å²) in [5.41, 5.74) is 1.37. The van der Waals surface area contributed by atoms with Crippen LogP contribution in [0.3, 0.4) is 0 Å². The van der Waals surface area contributed by atoms with E-state index in [1.54, 1.807) is 6.07 Å². The maximum absolute atomic E-state index is 10.3. The lowest BCUT2D eigenvalue weighted by Gasteiger charge is -2.57. The number of para-hydroxylation sites is 1. The Morgan fingerprint density at radius 2 is 1.56 bits per heavy atom. The van der Waals surface area contributed by atoms with Gasteiger partial charge in [0, 0.05) is 5.56 Å². The molecule has 96 valence electrons. The second-order valence-electron chi connectivity index (χ2n) is 6.83. The van der Waals surface area contributed by atoms with Gasteiger partial charge in [0.1, 0.15) is 5.75 Å². The Morgan fingerprint density at radius 1 is 1.00 bits per heavy atom. The molecular formula is C16H19ClO. The highest BCUT2D eigenvalue weighted by Gasteiger charge is 2.52. The highest BCUT2D eigenvalue weighted by Crippen LogP contribution is 2.62. The third-order valence-corrected chi connectivity index (χ3v) is 5.90. The smallest absolute Gasteiger partial charge is 0.137 e. The number of hydrogen-bond acceptors (Lipinski definition) is 1. The van der Waals surface area contributed by atoms with Gasteiger partial charge in [0.05, 0.1) is 5.02 Å². The van der Waals surface area contributed by atoms with Gasteiger partial charge in [-0.05, 0) is 67.8 Å². The third kappa shape index (κ3) is 1.46. The Labute approximate surface area is 113 Å². The van der Waals surface area contributed by atoms with E-state index in [1.165, 1.54) is 38.5 Å². The molecule has 4 fully saturated rings. The summed E-state index contributed by atoms with van der Waals surface area (Å²) in [6, 6.07) is 5.89. The van der Waals surface area contributed by atoms with Crippen LogP contribution in [0.5, 0.6) is 5.75 Å². The molecule has 1 N–H and O–H groups in total. The van der Waals surface area contributed by atoms with Crippen LogP contribution in [-0.2, 0) is 5.41 Å². The number of hydrogen-bond donors (Lipinski definition) is 1. The van der Waals surface area contributed by atoms with Crippen molar-refractivity contribution >= 4 is 11.6 Å². The molecular weight excluding hydrogens is 244 g/mol. The number of phenolic OH excluding ortho intramolecular Hbond substituents is 1. The van der Waals surface area contributed by atoms with Crippen LogP contribution in [0.2, 0.25) is 5.02 Å². The van der Waals surface area contributed by atoms with Crippen molar-refractivity contribution in [2.75, 3.05) is 0 Å². The summed E-state index contributed by atoms with van der Waals surface area (Å²) >= 11 is 6.10. The first-order chi connectivity index (χ1) is 8.66. The van der Waals surface area contributed by atoms with Crippen LogP contribution in [0.4, 0.5) is 0 Å². The molecule has 0 atom stereocenters. The molecule has 0 spiro atoms. The molecule has 4 bridgehead atoms. The van der Waals surface area contributed by atoms with E-state index in [1.807, 2.05) is 6.07 Å². The van der Waals surface area contributed by atoms with E-state index in [-0.39, 0.29) is 5.41 Å². The Morgan fingerprint density at radius 3 is 2.11 bits per heavy atom. The van der Waals surface area contributed by atoms with Gasteiger partial charge in [-0.25, -0.2) is 0 Å². The quantitative estimate of drug-likeness (QED) is 0.789. The molecule has 1 nitrogen and oxygen atoms in total. The topological polar surface area (TPSA) is 20.2 Å². The molecule has 0 aromatic heterocycles. The van der Waals surface area contributed by atoms with Crippen LogP contribution in [0.1, 0.15) is 44.1 Å². The van der Waals surface area contributed by atoms with Crippen LogP contribution in [0.15, 0.2) is 18.2 Å². The van der Waals surface area contributed by atoms with Crippen molar-refractivity contribution in [3.8, 4) is 5.75 Å². The largest absolute Gasteiger partial charge is 0.506 e. The summed E-state index contributed by atoms with van der Waals surface area (Å²) in [5.74, 6) is 3.04. The van der Waals surface area contributed by atoms with Crippen molar-refractivity contribution in [2.24, 2.45) is 17.8 Å². The SMILES string of the molecule is Oc1c(Cl)cccc1C12CC3CC(CC(C3)C1)C2. The fourth-order valence-corrected chi connectivity index (χ4v) is 5.56. The molecule has 5 rings (SSSR count). The Balaban J connectivity index is 1.81. The fourth-order valence-electron chi connectivity index (χ4n) is 5.38. The fraction of sp³-hybridized carbons (Fsp3) is 0.625. The van der Waals surface area contributed by atoms with E-state index in [0.717, 1.165) is 23.3 Å². The summed E-state index contributed by atoms with van der Waals surface area (Å²) < 4.78 is 0. The maximum Gasteiger partial charge on any atom is 0.137 e. The van der Waals surface area contributed by atoms with Gasteiger partial charge in [0.15, 0.2) is 0 Å². The number of aromatic hydroxyl groups is 1. The molecule has 0 heterocycles. The summed E-state index contributed by atoms with van der Waals surface area (Å²) in [5, 5.41) is 10.8. The summed E-state index contributed by atoms with van der Waals surface area (Å²) in [4.78, 5) is 0. The first kappa shape index (κ1) is 11.2. The number of halogens is 1. The molecule has 1 aromatic carbocycles. The van der Waals surface area contributed by atoms with Gasteiger partial charge < -0.3 is 5.11 Å². The molecule has 0 unspecified atom stereocenters. The zero-order chi connectivity index (χ0) is 12.3. The maximum atomic E-state index is 10.3. The minimum Gasteiger partial charge on any atom is -0.506 e. The lowest BCUT2D eigenvalue weighted by atomic mass is 9.48. The van der Waals surface area contributed by atoms with Gasteiger partial charge in [-0.3, -0.25) is 0 Å². The van der Waals surface area contributed by atoms with E-state index in [9.17, 15) is 5.11 Å². The molecule has 4 aliphatic carbocycles. The second kappa shape index (κ2) is 3.66. The van der Waals surface area contributed by atoms with Gasteiger partial charge in [0.25, 0.3) is 0 Å². The second-order valence-corrected chi connectivity index (χ2v) is 7.24. The average molecular weight is 263 g/mol. The van der Waals surface area contributed by atoms with Crippen molar-refractivity contribution < 1.29 is 5.11 Å². The average Bonchev–Trinajstić information content (AvgIpc) is 2.30. The Kier molecular flexibility index (Phi) is 2.27. The highest BCUT2D eigenvalue weighted by atomic mass is 35.5. The minimum atomic E-state index is 0.240. The highest BCUT2D eigenvalue weighted by molar-refractivity contribution is 6.32. The molecule has 0 radical (unpaired) electrons. The zero-order valence-corrected chi connectivity index (χ0v) is 11.3. The van der Waals surface area contributed by atoms with E-state index >= 15 is 0 Å². The first-order valence-electron chi connectivity index (χ1n) is 7.14. The van der Waals surface area contributed by atoms with Crippen molar-refractivity contribution in [3.63, 3.8) is 0 Å². The summed E-state index contributed by atoms with van der Waals surface area (Å²) in [6.45, 7) is 0. The van der Waals surface area contributed by atoms with E-state index in [2.05, 4.69) is 6.07 Å². The normalized spacial score (nSPS) is 41.3. The number of phenols is 1. The van der Waals surface area contributed by atoms with E-state index in [0.29, 0.717) is 10.8 Å². The van der Waals surface area contributed by atoms with Crippen molar-refractivity contribution in [2.45, 2.75) is 43.9 Å². The molecule has 4 aliphatic rings. The van der Waals surface area contributed by atoms with Gasteiger partial charge >= 0.3 is 0 Å². The molecule has 0 aliphatic heterocycles. The Hall–Kier alpha value is -0.690. The van der Waals surface area contributed by atoms with Crippen LogP contribution in [0.25, 0.3) is 0 Å². The molecule has 2 heteroatoms. The van der Waals surface area contributed by atoms with Crippen LogP contribution < -0.4 is 0 Å². The van der Waals surface area contributed by atoms with Crippen LogP contribution in [-0.4, -0.2) is 5.11 Å². The molecule has 0 saturated heterocycles. The van der Waals surface area contributed by atoms with Gasteiger partial charge in [0.2, 0.25) is 0 Å². The van der Waals surface area contributed by atoms with E-state index < -0.39 is 0 Å². The number of rotatable bonds is 1. The van der Waals surface area contributed by atoms with Gasteiger partial charge in [-0.15, -0.1) is 0 Å².